The number of rotatable bonds is 8. The molecule has 2 aromatic carbocycles. The number of amides is 2. The van der Waals surface area contributed by atoms with Crippen LogP contribution in [0.25, 0.3) is 0 Å². The van der Waals surface area contributed by atoms with E-state index in [0.717, 1.165) is 13.1 Å². The molecule has 1 saturated heterocycles. The summed E-state index contributed by atoms with van der Waals surface area (Å²) in [6.45, 7) is 6.38. The van der Waals surface area contributed by atoms with Gasteiger partial charge in [0.05, 0.1) is 6.04 Å². The SMILES string of the molecule is CC(C)[C@H]1COC(=O)N1C(=O)CCN(Cc1ccccc1)Cc1ccccc1. The highest BCUT2D eigenvalue weighted by Gasteiger charge is 2.39. The molecule has 0 aliphatic carbocycles. The first kappa shape index (κ1) is 20.1. The minimum atomic E-state index is -0.513. The van der Waals surface area contributed by atoms with Crippen LogP contribution in [0, 0.1) is 5.92 Å². The molecule has 5 heteroatoms. The molecule has 2 amide bonds. The minimum Gasteiger partial charge on any atom is -0.447 e. The first-order chi connectivity index (χ1) is 13.5. The number of benzene rings is 2. The lowest BCUT2D eigenvalue weighted by molar-refractivity contribution is -0.130. The molecule has 0 unspecified atom stereocenters. The molecule has 0 spiro atoms. The lowest BCUT2D eigenvalue weighted by Crippen LogP contribution is -2.43. The van der Waals surface area contributed by atoms with E-state index in [4.69, 9.17) is 4.74 Å². The van der Waals surface area contributed by atoms with Crippen LogP contribution < -0.4 is 0 Å². The van der Waals surface area contributed by atoms with Crippen LogP contribution in [0.2, 0.25) is 0 Å². The number of ether oxygens (including phenoxy) is 1. The first-order valence-corrected chi connectivity index (χ1v) is 9.83. The van der Waals surface area contributed by atoms with Gasteiger partial charge in [-0.15, -0.1) is 0 Å². The zero-order valence-corrected chi connectivity index (χ0v) is 16.6. The molecule has 28 heavy (non-hydrogen) atoms. The molecule has 3 rings (SSSR count). The van der Waals surface area contributed by atoms with E-state index >= 15 is 0 Å². The second-order valence-corrected chi connectivity index (χ2v) is 7.58. The van der Waals surface area contributed by atoms with E-state index in [1.165, 1.54) is 16.0 Å². The molecule has 1 atom stereocenters. The van der Waals surface area contributed by atoms with E-state index in [2.05, 4.69) is 29.2 Å². The molecule has 1 aliphatic heterocycles. The molecule has 1 aliphatic rings. The Morgan fingerprint density at radius 1 is 1.04 bits per heavy atom. The molecule has 1 heterocycles. The highest BCUT2D eigenvalue weighted by Crippen LogP contribution is 2.21. The zero-order chi connectivity index (χ0) is 19.9. The highest BCUT2D eigenvalue weighted by molar-refractivity contribution is 5.93. The fourth-order valence-corrected chi connectivity index (χ4v) is 3.48. The molecule has 0 N–H and O–H groups in total. The van der Waals surface area contributed by atoms with Crippen LogP contribution in [0.5, 0.6) is 0 Å². The van der Waals surface area contributed by atoms with Gasteiger partial charge in [0.15, 0.2) is 0 Å². The summed E-state index contributed by atoms with van der Waals surface area (Å²) in [6.07, 6.45) is -0.223. The van der Waals surface area contributed by atoms with E-state index < -0.39 is 6.09 Å². The molecular formula is C23H28N2O3. The summed E-state index contributed by atoms with van der Waals surface area (Å²) in [6, 6.07) is 20.3. The summed E-state index contributed by atoms with van der Waals surface area (Å²) < 4.78 is 5.11. The average molecular weight is 380 g/mol. The van der Waals surface area contributed by atoms with Gasteiger partial charge in [0.25, 0.3) is 0 Å². The van der Waals surface area contributed by atoms with Crippen molar-refractivity contribution in [2.75, 3.05) is 13.2 Å². The van der Waals surface area contributed by atoms with Crippen LogP contribution in [-0.2, 0) is 22.6 Å². The van der Waals surface area contributed by atoms with Gasteiger partial charge in [0, 0.05) is 26.1 Å². The van der Waals surface area contributed by atoms with Gasteiger partial charge in [-0.25, -0.2) is 9.69 Å². The number of cyclic esters (lactones) is 1. The van der Waals surface area contributed by atoms with Gasteiger partial charge in [0.1, 0.15) is 6.61 Å². The number of imide groups is 1. The largest absolute Gasteiger partial charge is 0.447 e. The van der Waals surface area contributed by atoms with Crippen molar-refractivity contribution in [3.8, 4) is 0 Å². The van der Waals surface area contributed by atoms with Crippen LogP contribution >= 0.6 is 0 Å². The van der Waals surface area contributed by atoms with Crippen molar-refractivity contribution in [3.05, 3.63) is 71.8 Å². The summed E-state index contributed by atoms with van der Waals surface area (Å²) in [5.41, 5.74) is 2.40. The van der Waals surface area contributed by atoms with Crippen LogP contribution in [0.15, 0.2) is 60.7 Å². The van der Waals surface area contributed by atoms with E-state index in [1.807, 2.05) is 50.2 Å². The van der Waals surface area contributed by atoms with Crippen molar-refractivity contribution < 1.29 is 14.3 Å². The number of hydrogen-bond donors (Lipinski definition) is 0. The molecule has 0 saturated carbocycles. The van der Waals surface area contributed by atoms with E-state index in [-0.39, 0.29) is 24.3 Å². The Labute approximate surface area is 166 Å². The average Bonchev–Trinajstić information content (AvgIpc) is 3.09. The maximum Gasteiger partial charge on any atom is 0.416 e. The van der Waals surface area contributed by atoms with Crippen LogP contribution in [0.1, 0.15) is 31.4 Å². The number of nitrogens with zero attached hydrogens (tertiary/aromatic N) is 2. The smallest absolute Gasteiger partial charge is 0.416 e. The van der Waals surface area contributed by atoms with Gasteiger partial charge < -0.3 is 4.74 Å². The zero-order valence-electron chi connectivity index (χ0n) is 16.6. The van der Waals surface area contributed by atoms with Crippen LogP contribution in [0.3, 0.4) is 0 Å². The van der Waals surface area contributed by atoms with Crippen LogP contribution in [-0.4, -0.2) is 41.0 Å². The number of carbonyl (C=O) groups is 2. The summed E-state index contributed by atoms with van der Waals surface area (Å²) in [4.78, 5) is 28.4. The summed E-state index contributed by atoms with van der Waals surface area (Å²) >= 11 is 0. The molecule has 5 nitrogen and oxygen atoms in total. The van der Waals surface area contributed by atoms with Gasteiger partial charge in [-0.3, -0.25) is 9.69 Å². The Kier molecular flexibility index (Phi) is 6.82. The molecule has 0 bridgehead atoms. The van der Waals surface area contributed by atoms with Gasteiger partial charge in [0.2, 0.25) is 5.91 Å². The fraction of sp³-hybridized carbons (Fsp3) is 0.391. The lowest BCUT2D eigenvalue weighted by atomic mass is 10.0. The predicted octanol–water partition coefficient (Wildman–Crippen LogP) is 4.08. The molecular weight excluding hydrogens is 352 g/mol. The monoisotopic (exact) mass is 380 g/mol. The molecule has 0 aromatic heterocycles. The van der Waals surface area contributed by atoms with Crippen molar-refractivity contribution >= 4 is 12.0 Å². The van der Waals surface area contributed by atoms with Crippen molar-refractivity contribution in [1.82, 2.24) is 9.80 Å². The topological polar surface area (TPSA) is 49.9 Å². The summed E-state index contributed by atoms with van der Waals surface area (Å²) in [5, 5.41) is 0. The minimum absolute atomic E-state index is 0.160. The van der Waals surface area contributed by atoms with E-state index in [1.54, 1.807) is 0 Å². The quantitative estimate of drug-likeness (QED) is 0.692. The van der Waals surface area contributed by atoms with E-state index in [9.17, 15) is 9.59 Å². The molecule has 1 fully saturated rings. The van der Waals surface area contributed by atoms with Crippen molar-refractivity contribution in [1.29, 1.82) is 0 Å². The fourth-order valence-electron chi connectivity index (χ4n) is 3.48. The Morgan fingerprint density at radius 2 is 1.57 bits per heavy atom. The van der Waals surface area contributed by atoms with Gasteiger partial charge in [-0.1, -0.05) is 74.5 Å². The predicted molar refractivity (Wildman–Crippen MR) is 108 cm³/mol. The summed E-state index contributed by atoms with van der Waals surface area (Å²) in [7, 11) is 0. The Hall–Kier alpha value is -2.66. The van der Waals surface area contributed by atoms with Crippen molar-refractivity contribution in [3.63, 3.8) is 0 Å². The van der Waals surface area contributed by atoms with Crippen LogP contribution in [0.4, 0.5) is 4.79 Å². The first-order valence-electron chi connectivity index (χ1n) is 9.83. The number of hydrogen-bond acceptors (Lipinski definition) is 4. The van der Waals surface area contributed by atoms with Crippen molar-refractivity contribution in [2.45, 2.75) is 39.4 Å². The second-order valence-electron chi connectivity index (χ2n) is 7.58. The lowest BCUT2D eigenvalue weighted by Gasteiger charge is -2.26. The maximum atomic E-state index is 12.8. The maximum absolute atomic E-state index is 12.8. The Bertz CT molecular complexity index is 735. The van der Waals surface area contributed by atoms with Crippen molar-refractivity contribution in [2.24, 2.45) is 5.92 Å². The standard InChI is InChI=1S/C23H28N2O3/c1-18(2)21-17-28-23(27)25(21)22(26)13-14-24(15-19-9-5-3-6-10-19)16-20-11-7-4-8-12-20/h3-12,18,21H,13-17H2,1-2H3/t21-/m1/s1. The Morgan fingerprint density at radius 3 is 2.07 bits per heavy atom. The highest BCUT2D eigenvalue weighted by atomic mass is 16.6. The summed E-state index contributed by atoms with van der Waals surface area (Å²) in [5.74, 6) is 0.0208. The normalized spacial score (nSPS) is 16.6. The number of carbonyl (C=O) groups excluding carboxylic acids is 2. The van der Waals surface area contributed by atoms with Gasteiger partial charge in [-0.05, 0) is 17.0 Å². The third-order valence-corrected chi connectivity index (χ3v) is 5.08. The third-order valence-electron chi connectivity index (χ3n) is 5.08. The third kappa shape index (κ3) is 5.20. The van der Waals surface area contributed by atoms with Gasteiger partial charge in [-0.2, -0.15) is 0 Å². The Balaban J connectivity index is 1.66. The van der Waals surface area contributed by atoms with E-state index in [0.29, 0.717) is 13.2 Å². The second kappa shape index (κ2) is 9.51. The molecule has 148 valence electrons. The molecule has 0 radical (unpaired) electrons. The van der Waals surface area contributed by atoms with Gasteiger partial charge >= 0.3 is 6.09 Å². The molecule has 2 aromatic rings.